The van der Waals surface area contributed by atoms with Crippen molar-refractivity contribution in [2.24, 2.45) is 0 Å². The summed E-state index contributed by atoms with van der Waals surface area (Å²) in [5.74, 6) is -0.252. The van der Waals surface area contributed by atoms with Crippen LogP contribution in [0.1, 0.15) is 59.9 Å². The molecule has 4 rings (SSSR count). The first-order valence-corrected chi connectivity index (χ1v) is 14.3. The number of rotatable bonds is 13. The van der Waals surface area contributed by atoms with Crippen LogP contribution in [0, 0.1) is 6.92 Å². The van der Waals surface area contributed by atoms with Gasteiger partial charge in [-0.1, -0.05) is 129 Å². The van der Waals surface area contributed by atoms with Crippen LogP contribution in [0.2, 0.25) is 0 Å². The van der Waals surface area contributed by atoms with E-state index in [1.165, 1.54) is 0 Å². The van der Waals surface area contributed by atoms with Gasteiger partial charge < -0.3 is 10.2 Å². The lowest BCUT2D eigenvalue weighted by atomic mass is 9.87. The van der Waals surface area contributed by atoms with Gasteiger partial charge in [0.25, 0.3) is 0 Å². The summed E-state index contributed by atoms with van der Waals surface area (Å²) in [6.07, 6.45) is 2.62. The van der Waals surface area contributed by atoms with Crippen LogP contribution >= 0.6 is 0 Å². The van der Waals surface area contributed by atoms with Crippen molar-refractivity contribution in [2.45, 2.75) is 58.0 Å². The average molecular weight is 533 g/mol. The van der Waals surface area contributed by atoms with Gasteiger partial charge in [0.15, 0.2) is 0 Å². The Morgan fingerprint density at radius 2 is 1.30 bits per heavy atom. The lowest BCUT2D eigenvalue weighted by Gasteiger charge is -2.33. The lowest BCUT2D eigenvalue weighted by Crippen LogP contribution is -2.51. The molecule has 0 aliphatic carbocycles. The molecule has 0 saturated heterocycles. The summed E-state index contributed by atoms with van der Waals surface area (Å²) in [5, 5.41) is 3.12. The second-order valence-electron chi connectivity index (χ2n) is 10.4. The number of amides is 2. The zero-order valence-corrected chi connectivity index (χ0v) is 23.6. The van der Waals surface area contributed by atoms with E-state index in [-0.39, 0.29) is 24.2 Å². The van der Waals surface area contributed by atoms with Gasteiger partial charge in [-0.25, -0.2) is 0 Å². The lowest BCUT2D eigenvalue weighted by molar-refractivity contribution is -0.141. The predicted octanol–water partition coefficient (Wildman–Crippen LogP) is 7.07. The van der Waals surface area contributed by atoms with E-state index in [9.17, 15) is 9.59 Å². The number of unbranched alkanes of at least 4 members (excludes halogenated alkanes) is 1. The van der Waals surface area contributed by atoms with Crippen LogP contribution in [-0.2, 0) is 22.6 Å². The summed E-state index contributed by atoms with van der Waals surface area (Å²) >= 11 is 0. The fraction of sp³-hybridized carbons (Fsp3) is 0.278. The van der Waals surface area contributed by atoms with Crippen molar-refractivity contribution in [2.75, 3.05) is 6.54 Å². The van der Waals surface area contributed by atoms with Crippen molar-refractivity contribution >= 4 is 11.8 Å². The first-order chi connectivity index (χ1) is 19.6. The molecule has 0 radical (unpaired) electrons. The number of benzene rings is 4. The first-order valence-electron chi connectivity index (χ1n) is 14.3. The number of nitrogens with zero attached hydrogens (tertiary/aromatic N) is 1. The second kappa shape index (κ2) is 14.8. The molecule has 4 nitrogen and oxygen atoms in total. The maximum Gasteiger partial charge on any atom is 0.243 e. The standard InChI is InChI=1S/C36H40N2O2/c1-3-4-24-37-36(40)34(25-29-17-8-5-9-18-29)38(27-32-23-15-14-16-28(32)2)35(39)26-33(30-19-10-6-11-20-30)31-21-12-7-13-22-31/h5-23,33-34H,3-4,24-27H2,1-2H3,(H,37,40)/t34-/m1/s1. The third-order valence-electron chi connectivity index (χ3n) is 7.49. The van der Waals surface area contributed by atoms with Crippen LogP contribution in [-0.4, -0.2) is 29.3 Å². The highest BCUT2D eigenvalue weighted by Crippen LogP contribution is 2.30. The van der Waals surface area contributed by atoms with E-state index in [1.807, 2.05) is 83.8 Å². The van der Waals surface area contributed by atoms with Gasteiger partial charge in [-0.3, -0.25) is 9.59 Å². The number of hydrogen-bond acceptors (Lipinski definition) is 2. The van der Waals surface area contributed by atoms with E-state index < -0.39 is 6.04 Å². The molecule has 2 amide bonds. The van der Waals surface area contributed by atoms with E-state index in [2.05, 4.69) is 55.6 Å². The van der Waals surface area contributed by atoms with Crippen molar-refractivity contribution in [3.05, 3.63) is 143 Å². The Balaban J connectivity index is 1.72. The largest absolute Gasteiger partial charge is 0.354 e. The summed E-state index contributed by atoms with van der Waals surface area (Å²) in [5.41, 5.74) is 5.36. The van der Waals surface area contributed by atoms with E-state index in [0.717, 1.165) is 40.7 Å². The van der Waals surface area contributed by atoms with Gasteiger partial charge in [0.05, 0.1) is 0 Å². The van der Waals surface area contributed by atoms with Crippen LogP contribution < -0.4 is 5.32 Å². The molecule has 0 aromatic heterocycles. The van der Waals surface area contributed by atoms with Crippen molar-refractivity contribution < 1.29 is 9.59 Å². The van der Waals surface area contributed by atoms with E-state index in [4.69, 9.17) is 0 Å². The minimum absolute atomic E-state index is 0.0347. The molecule has 0 heterocycles. The fourth-order valence-electron chi connectivity index (χ4n) is 5.12. The number of hydrogen-bond donors (Lipinski definition) is 1. The molecule has 1 N–H and O–H groups in total. The van der Waals surface area contributed by atoms with Gasteiger partial charge in [0.2, 0.25) is 11.8 Å². The Morgan fingerprint density at radius 3 is 1.88 bits per heavy atom. The van der Waals surface area contributed by atoms with E-state index >= 15 is 0 Å². The average Bonchev–Trinajstić information content (AvgIpc) is 3.00. The van der Waals surface area contributed by atoms with Crippen LogP contribution in [0.5, 0.6) is 0 Å². The quantitative estimate of drug-likeness (QED) is 0.187. The van der Waals surface area contributed by atoms with Crippen LogP contribution in [0.25, 0.3) is 0 Å². The maximum atomic E-state index is 14.4. The number of nitrogens with one attached hydrogen (secondary N) is 1. The maximum absolute atomic E-state index is 14.4. The smallest absolute Gasteiger partial charge is 0.243 e. The second-order valence-corrected chi connectivity index (χ2v) is 10.4. The Hall–Kier alpha value is -4.18. The van der Waals surface area contributed by atoms with Crippen LogP contribution in [0.3, 0.4) is 0 Å². The summed E-state index contributed by atoms with van der Waals surface area (Å²) in [4.78, 5) is 30.0. The molecule has 4 aromatic rings. The fourth-order valence-corrected chi connectivity index (χ4v) is 5.12. The van der Waals surface area contributed by atoms with E-state index in [0.29, 0.717) is 19.5 Å². The van der Waals surface area contributed by atoms with Crippen molar-refractivity contribution in [1.82, 2.24) is 10.2 Å². The summed E-state index contributed by atoms with van der Waals surface area (Å²) in [6.45, 7) is 5.14. The van der Waals surface area contributed by atoms with Gasteiger partial charge in [-0.2, -0.15) is 0 Å². The van der Waals surface area contributed by atoms with Gasteiger partial charge in [-0.15, -0.1) is 0 Å². The SMILES string of the molecule is CCCCNC(=O)[C@@H](Cc1ccccc1)N(Cc1ccccc1C)C(=O)CC(c1ccccc1)c1ccccc1. The minimum Gasteiger partial charge on any atom is -0.354 e. The van der Waals surface area contributed by atoms with Crippen molar-refractivity contribution in [3.63, 3.8) is 0 Å². The Bertz CT molecular complexity index is 1300. The highest BCUT2D eigenvalue weighted by molar-refractivity contribution is 5.88. The monoisotopic (exact) mass is 532 g/mol. The third-order valence-corrected chi connectivity index (χ3v) is 7.49. The summed E-state index contributed by atoms with van der Waals surface area (Å²) in [7, 11) is 0. The Labute approximate surface area is 239 Å². The predicted molar refractivity (Wildman–Crippen MR) is 163 cm³/mol. The molecule has 4 heteroatoms. The molecule has 40 heavy (non-hydrogen) atoms. The molecule has 0 spiro atoms. The molecule has 206 valence electrons. The highest BCUT2D eigenvalue weighted by Gasteiger charge is 2.32. The zero-order chi connectivity index (χ0) is 28.2. The van der Waals surface area contributed by atoms with Gasteiger partial charge in [-0.05, 0) is 41.2 Å². The molecule has 0 aliphatic heterocycles. The molecular formula is C36H40N2O2. The molecule has 0 aliphatic rings. The summed E-state index contributed by atoms with van der Waals surface area (Å²) in [6, 6.07) is 37.8. The normalized spacial score (nSPS) is 11.7. The minimum atomic E-state index is -0.626. The molecule has 0 unspecified atom stereocenters. The first kappa shape index (κ1) is 28.8. The highest BCUT2D eigenvalue weighted by atomic mass is 16.2. The molecule has 0 bridgehead atoms. The Kier molecular flexibility index (Phi) is 10.7. The van der Waals surface area contributed by atoms with Gasteiger partial charge in [0, 0.05) is 31.8 Å². The molecule has 1 atom stereocenters. The molecule has 0 saturated carbocycles. The topological polar surface area (TPSA) is 49.4 Å². The third kappa shape index (κ3) is 7.92. The molecule has 0 fully saturated rings. The molecule has 4 aromatic carbocycles. The van der Waals surface area contributed by atoms with Crippen molar-refractivity contribution in [1.29, 1.82) is 0 Å². The molecular weight excluding hydrogens is 492 g/mol. The number of carbonyl (C=O) groups excluding carboxylic acids is 2. The van der Waals surface area contributed by atoms with Crippen LogP contribution in [0.15, 0.2) is 115 Å². The van der Waals surface area contributed by atoms with E-state index in [1.54, 1.807) is 0 Å². The van der Waals surface area contributed by atoms with Crippen LogP contribution in [0.4, 0.5) is 0 Å². The Morgan fingerprint density at radius 1 is 0.750 bits per heavy atom. The van der Waals surface area contributed by atoms with Crippen molar-refractivity contribution in [3.8, 4) is 0 Å². The van der Waals surface area contributed by atoms with Gasteiger partial charge >= 0.3 is 0 Å². The number of carbonyl (C=O) groups is 2. The summed E-state index contributed by atoms with van der Waals surface area (Å²) < 4.78 is 0. The number of aryl methyl sites for hydroxylation is 1. The zero-order valence-electron chi connectivity index (χ0n) is 23.6. The van der Waals surface area contributed by atoms with Gasteiger partial charge in [0.1, 0.15) is 6.04 Å².